The van der Waals surface area contributed by atoms with E-state index in [9.17, 15) is 0 Å². The van der Waals surface area contributed by atoms with Crippen molar-refractivity contribution in [3.63, 3.8) is 0 Å². The Labute approximate surface area is 110 Å². The van der Waals surface area contributed by atoms with Crippen molar-refractivity contribution in [3.05, 3.63) is 18.2 Å². The van der Waals surface area contributed by atoms with Crippen molar-refractivity contribution < 1.29 is 9.05 Å². The van der Waals surface area contributed by atoms with Gasteiger partial charge in [0.2, 0.25) is 0 Å². The van der Waals surface area contributed by atoms with E-state index in [0.29, 0.717) is 17.4 Å². The number of hydrogen-bond donors (Lipinski definition) is 1. The van der Waals surface area contributed by atoms with Crippen LogP contribution < -0.4 is 5.32 Å². The van der Waals surface area contributed by atoms with Crippen molar-refractivity contribution in [2.75, 3.05) is 26.2 Å². The minimum absolute atomic E-state index is 0.256. The number of rotatable bonds is 3. The van der Waals surface area contributed by atoms with Crippen molar-refractivity contribution >= 4 is 0 Å². The van der Waals surface area contributed by atoms with Crippen LogP contribution in [0.3, 0.4) is 0 Å². The molecule has 0 spiro atoms. The molecule has 0 amide bonds. The molecule has 2 aromatic heterocycles. The standard InChI is InChI=1S/C12H17N5O2/c1-12(2,17-6-4-13-5-7-17)11-14-10(19-16-11)9-3-8-18-15-9/h3,8,13H,4-7H2,1-2H3. The normalized spacial score (nSPS) is 17.8. The van der Waals surface area contributed by atoms with Crippen LogP contribution in [0, 0.1) is 0 Å². The Morgan fingerprint density at radius 1 is 1.26 bits per heavy atom. The molecule has 102 valence electrons. The Bertz CT molecular complexity index is 528. The van der Waals surface area contributed by atoms with Gasteiger partial charge in [-0.15, -0.1) is 0 Å². The van der Waals surface area contributed by atoms with Gasteiger partial charge < -0.3 is 14.4 Å². The van der Waals surface area contributed by atoms with Crippen LogP contribution in [-0.4, -0.2) is 46.4 Å². The lowest BCUT2D eigenvalue weighted by atomic mass is 10.0. The Balaban J connectivity index is 1.84. The molecule has 1 N–H and O–H groups in total. The van der Waals surface area contributed by atoms with Gasteiger partial charge in [-0.3, -0.25) is 4.90 Å². The number of piperazine rings is 1. The van der Waals surface area contributed by atoms with Gasteiger partial charge in [0.15, 0.2) is 11.5 Å². The van der Waals surface area contributed by atoms with Crippen molar-refractivity contribution in [3.8, 4) is 11.6 Å². The van der Waals surface area contributed by atoms with E-state index < -0.39 is 0 Å². The molecule has 7 heteroatoms. The summed E-state index contributed by atoms with van der Waals surface area (Å²) in [6, 6.07) is 1.70. The van der Waals surface area contributed by atoms with Crippen LogP contribution in [0.4, 0.5) is 0 Å². The molecule has 0 aromatic carbocycles. The van der Waals surface area contributed by atoms with E-state index in [-0.39, 0.29) is 5.54 Å². The van der Waals surface area contributed by atoms with Gasteiger partial charge in [-0.2, -0.15) is 4.98 Å². The first-order valence-electron chi connectivity index (χ1n) is 6.38. The quantitative estimate of drug-likeness (QED) is 0.879. The van der Waals surface area contributed by atoms with Crippen LogP contribution in [0.15, 0.2) is 21.4 Å². The predicted octanol–water partition coefficient (Wildman–Crippen LogP) is 0.865. The number of hydrogen-bond acceptors (Lipinski definition) is 7. The molecule has 7 nitrogen and oxygen atoms in total. The molecule has 0 bridgehead atoms. The lowest BCUT2D eigenvalue weighted by molar-refractivity contribution is 0.0925. The molecular formula is C12H17N5O2. The average Bonchev–Trinajstić information content (AvgIpc) is 3.10. The van der Waals surface area contributed by atoms with E-state index in [4.69, 9.17) is 9.05 Å². The minimum atomic E-state index is -0.256. The first-order chi connectivity index (χ1) is 9.18. The second-order valence-corrected chi connectivity index (χ2v) is 5.10. The second kappa shape index (κ2) is 4.75. The molecule has 3 rings (SSSR count). The molecule has 1 aliphatic rings. The molecule has 0 aliphatic carbocycles. The van der Waals surface area contributed by atoms with E-state index in [2.05, 4.69) is 39.4 Å². The highest BCUT2D eigenvalue weighted by molar-refractivity contribution is 5.44. The zero-order chi connectivity index (χ0) is 13.3. The summed E-state index contributed by atoms with van der Waals surface area (Å²) in [6.07, 6.45) is 1.49. The van der Waals surface area contributed by atoms with Gasteiger partial charge in [0, 0.05) is 32.2 Å². The zero-order valence-electron chi connectivity index (χ0n) is 11.1. The highest BCUT2D eigenvalue weighted by Crippen LogP contribution is 2.27. The van der Waals surface area contributed by atoms with Gasteiger partial charge in [-0.05, 0) is 13.8 Å². The first kappa shape index (κ1) is 12.3. The largest absolute Gasteiger partial charge is 0.364 e. The monoisotopic (exact) mass is 263 g/mol. The molecule has 1 aliphatic heterocycles. The molecule has 3 heterocycles. The Hall–Kier alpha value is -1.73. The van der Waals surface area contributed by atoms with Gasteiger partial charge in [0.05, 0.1) is 5.54 Å². The third kappa shape index (κ3) is 2.26. The number of nitrogens with zero attached hydrogens (tertiary/aromatic N) is 4. The number of aromatic nitrogens is 3. The van der Waals surface area contributed by atoms with Gasteiger partial charge in [0.25, 0.3) is 5.89 Å². The lowest BCUT2D eigenvalue weighted by Gasteiger charge is -2.38. The van der Waals surface area contributed by atoms with Crippen molar-refractivity contribution in [1.29, 1.82) is 0 Å². The summed E-state index contributed by atoms with van der Waals surface area (Å²) in [6.45, 7) is 8.13. The molecule has 0 radical (unpaired) electrons. The van der Waals surface area contributed by atoms with Gasteiger partial charge >= 0.3 is 0 Å². The molecule has 1 fully saturated rings. The summed E-state index contributed by atoms with van der Waals surface area (Å²) in [5.74, 6) is 1.07. The summed E-state index contributed by atoms with van der Waals surface area (Å²) in [5.41, 5.74) is 0.308. The van der Waals surface area contributed by atoms with E-state index in [1.165, 1.54) is 6.26 Å². The van der Waals surface area contributed by atoms with Crippen LogP contribution in [0.2, 0.25) is 0 Å². The molecular weight excluding hydrogens is 246 g/mol. The zero-order valence-corrected chi connectivity index (χ0v) is 11.1. The molecule has 2 aromatic rings. The van der Waals surface area contributed by atoms with Crippen LogP contribution >= 0.6 is 0 Å². The highest BCUT2D eigenvalue weighted by Gasteiger charge is 2.34. The Morgan fingerprint density at radius 3 is 2.74 bits per heavy atom. The average molecular weight is 263 g/mol. The van der Waals surface area contributed by atoms with E-state index in [1.54, 1.807) is 6.07 Å². The predicted molar refractivity (Wildman–Crippen MR) is 67.3 cm³/mol. The number of nitrogens with one attached hydrogen (secondary N) is 1. The Morgan fingerprint density at radius 2 is 2.05 bits per heavy atom. The van der Waals surface area contributed by atoms with E-state index in [0.717, 1.165) is 26.2 Å². The van der Waals surface area contributed by atoms with Crippen molar-refractivity contribution in [2.24, 2.45) is 0 Å². The van der Waals surface area contributed by atoms with E-state index >= 15 is 0 Å². The summed E-state index contributed by atoms with van der Waals surface area (Å²) < 4.78 is 10.0. The van der Waals surface area contributed by atoms with Crippen LogP contribution in [0.5, 0.6) is 0 Å². The van der Waals surface area contributed by atoms with Gasteiger partial charge in [-0.25, -0.2) is 0 Å². The fourth-order valence-electron chi connectivity index (χ4n) is 2.26. The van der Waals surface area contributed by atoms with Crippen molar-refractivity contribution in [1.82, 2.24) is 25.5 Å². The minimum Gasteiger partial charge on any atom is -0.364 e. The fourth-order valence-corrected chi connectivity index (χ4v) is 2.26. The summed E-state index contributed by atoms with van der Waals surface area (Å²) in [5, 5.41) is 11.2. The highest BCUT2D eigenvalue weighted by atomic mass is 16.5. The third-order valence-corrected chi connectivity index (χ3v) is 3.54. The lowest BCUT2D eigenvalue weighted by Crippen LogP contribution is -2.52. The summed E-state index contributed by atoms with van der Waals surface area (Å²) in [7, 11) is 0. The topological polar surface area (TPSA) is 80.2 Å². The molecule has 1 saturated heterocycles. The maximum atomic E-state index is 5.26. The first-order valence-corrected chi connectivity index (χ1v) is 6.38. The van der Waals surface area contributed by atoms with Gasteiger partial charge in [0.1, 0.15) is 6.26 Å². The Kier molecular flexibility index (Phi) is 3.08. The molecule has 0 unspecified atom stereocenters. The SMILES string of the molecule is CC(C)(c1noc(-c2ccon2)n1)N1CCNCC1. The fraction of sp³-hybridized carbons (Fsp3) is 0.583. The van der Waals surface area contributed by atoms with Crippen molar-refractivity contribution in [2.45, 2.75) is 19.4 Å². The smallest absolute Gasteiger partial charge is 0.280 e. The van der Waals surface area contributed by atoms with Gasteiger partial charge in [-0.1, -0.05) is 10.3 Å². The van der Waals surface area contributed by atoms with Crippen LogP contribution in [0.1, 0.15) is 19.7 Å². The maximum absolute atomic E-state index is 5.26. The third-order valence-electron chi connectivity index (χ3n) is 3.54. The molecule has 0 saturated carbocycles. The molecule has 19 heavy (non-hydrogen) atoms. The van der Waals surface area contributed by atoms with E-state index in [1.807, 2.05) is 0 Å². The van der Waals surface area contributed by atoms with Crippen LogP contribution in [-0.2, 0) is 5.54 Å². The second-order valence-electron chi connectivity index (χ2n) is 5.10. The summed E-state index contributed by atoms with van der Waals surface area (Å²) >= 11 is 0. The van der Waals surface area contributed by atoms with Crippen LogP contribution in [0.25, 0.3) is 11.6 Å². The molecule has 0 atom stereocenters. The summed E-state index contributed by atoms with van der Waals surface area (Å²) in [4.78, 5) is 6.79. The maximum Gasteiger partial charge on any atom is 0.280 e.